The molecule has 8 heteroatoms. The molecule has 0 aliphatic carbocycles. The number of hydrogen-bond donors (Lipinski definition) is 2. The molecule has 2 aromatic rings. The number of amides is 1. The molecular weight excluding hydrogens is 414 g/mol. The summed E-state index contributed by atoms with van der Waals surface area (Å²) in [5, 5.41) is 4.11. The van der Waals surface area contributed by atoms with E-state index in [4.69, 9.17) is 22.1 Å². The molecule has 31 heavy (non-hydrogen) atoms. The van der Waals surface area contributed by atoms with Crippen LogP contribution in [0.3, 0.4) is 0 Å². The van der Waals surface area contributed by atoms with Gasteiger partial charge in [-0.2, -0.15) is 0 Å². The van der Waals surface area contributed by atoms with Gasteiger partial charge >= 0.3 is 0 Å². The molecule has 4 rings (SSSR count). The number of benzene rings is 1. The molecule has 1 aromatic carbocycles. The fourth-order valence-corrected chi connectivity index (χ4v) is 4.40. The number of carbonyl (C=O) groups excluding carboxylic acids is 1. The second-order valence-electron chi connectivity index (χ2n) is 8.44. The van der Waals surface area contributed by atoms with Crippen molar-refractivity contribution < 1.29 is 9.53 Å². The lowest BCUT2D eigenvalue weighted by atomic mass is 9.98. The van der Waals surface area contributed by atoms with Crippen LogP contribution in [0, 0.1) is 6.92 Å². The Morgan fingerprint density at radius 2 is 1.94 bits per heavy atom. The minimum Gasteiger partial charge on any atom is -0.368 e. The Labute approximate surface area is 188 Å². The van der Waals surface area contributed by atoms with E-state index in [1.54, 1.807) is 0 Å². The van der Waals surface area contributed by atoms with Crippen LogP contribution in [-0.2, 0) is 4.74 Å². The third kappa shape index (κ3) is 5.34. The van der Waals surface area contributed by atoms with Crippen LogP contribution in [0.2, 0.25) is 5.02 Å². The van der Waals surface area contributed by atoms with Crippen molar-refractivity contribution in [3.8, 4) is 0 Å². The molecule has 0 saturated carbocycles. The van der Waals surface area contributed by atoms with E-state index in [9.17, 15) is 4.79 Å². The standard InChI is InChI=1S/C23H30ClN5O2/c1-15-21(23(30)29-11-9-18(25)10-12-29)27-14-28-22(15)26-13-19-3-2-4-20(31-19)16-5-7-17(24)8-6-16/h5-8,14,18-20H,2-4,9-13,25H2,1H3,(H,26,27,28)/t19-,20+/m1/s1. The van der Waals surface area contributed by atoms with E-state index in [1.165, 1.54) is 6.33 Å². The van der Waals surface area contributed by atoms with Crippen molar-refractivity contribution in [2.45, 2.75) is 57.3 Å². The zero-order valence-electron chi connectivity index (χ0n) is 17.9. The summed E-state index contributed by atoms with van der Waals surface area (Å²) < 4.78 is 6.32. The Kier molecular flexibility index (Phi) is 7.05. The highest BCUT2D eigenvalue weighted by atomic mass is 35.5. The number of anilines is 1. The Bertz CT molecular complexity index is 899. The molecule has 0 unspecified atom stereocenters. The van der Waals surface area contributed by atoms with Gasteiger partial charge in [0, 0.05) is 36.3 Å². The fraction of sp³-hybridized carbons (Fsp3) is 0.522. The molecule has 1 aromatic heterocycles. The summed E-state index contributed by atoms with van der Waals surface area (Å²) >= 11 is 6.01. The van der Waals surface area contributed by atoms with Gasteiger partial charge in [0.15, 0.2) is 0 Å². The van der Waals surface area contributed by atoms with Crippen LogP contribution in [-0.4, -0.2) is 52.6 Å². The Morgan fingerprint density at radius 1 is 1.19 bits per heavy atom. The lowest BCUT2D eigenvalue weighted by Crippen LogP contribution is -2.43. The van der Waals surface area contributed by atoms with Crippen LogP contribution in [0.5, 0.6) is 0 Å². The van der Waals surface area contributed by atoms with Gasteiger partial charge in [0.25, 0.3) is 5.91 Å². The van der Waals surface area contributed by atoms with Gasteiger partial charge in [0.05, 0.1) is 12.2 Å². The average Bonchev–Trinajstić information content (AvgIpc) is 2.79. The summed E-state index contributed by atoms with van der Waals surface area (Å²) in [5.41, 5.74) is 8.34. The highest BCUT2D eigenvalue weighted by molar-refractivity contribution is 6.30. The molecule has 2 saturated heterocycles. The SMILES string of the molecule is Cc1c(NC[C@H]2CCC[C@@H](c3ccc(Cl)cc3)O2)ncnc1C(=O)N1CCC(N)CC1. The molecule has 0 bridgehead atoms. The highest BCUT2D eigenvalue weighted by Gasteiger charge is 2.26. The molecule has 0 radical (unpaired) electrons. The monoisotopic (exact) mass is 443 g/mol. The van der Waals surface area contributed by atoms with Gasteiger partial charge in [0.2, 0.25) is 0 Å². The first-order valence-corrected chi connectivity index (χ1v) is 11.4. The first-order chi connectivity index (χ1) is 15.0. The number of carbonyl (C=O) groups is 1. The number of likely N-dealkylation sites (tertiary alicyclic amines) is 1. The highest BCUT2D eigenvalue weighted by Crippen LogP contribution is 2.32. The summed E-state index contributed by atoms with van der Waals surface area (Å²) in [4.78, 5) is 23.4. The lowest BCUT2D eigenvalue weighted by Gasteiger charge is -2.31. The van der Waals surface area contributed by atoms with Gasteiger partial charge in [0.1, 0.15) is 17.8 Å². The molecule has 2 atom stereocenters. The fourth-order valence-electron chi connectivity index (χ4n) is 4.28. The minimum absolute atomic E-state index is 0.0495. The number of nitrogens with one attached hydrogen (secondary N) is 1. The topological polar surface area (TPSA) is 93.4 Å². The average molecular weight is 444 g/mol. The van der Waals surface area contributed by atoms with Crippen molar-refractivity contribution in [2.75, 3.05) is 25.0 Å². The third-order valence-corrected chi connectivity index (χ3v) is 6.45. The number of aromatic nitrogens is 2. The molecule has 3 N–H and O–H groups in total. The van der Waals surface area contributed by atoms with Crippen molar-refractivity contribution in [1.29, 1.82) is 0 Å². The zero-order valence-corrected chi connectivity index (χ0v) is 18.6. The second-order valence-corrected chi connectivity index (χ2v) is 8.87. The number of nitrogens with two attached hydrogens (primary N) is 1. The number of nitrogens with zero attached hydrogens (tertiary/aromatic N) is 3. The number of rotatable bonds is 5. The quantitative estimate of drug-likeness (QED) is 0.731. The number of piperidine rings is 1. The van der Waals surface area contributed by atoms with Crippen LogP contribution in [0.15, 0.2) is 30.6 Å². The largest absolute Gasteiger partial charge is 0.368 e. The lowest BCUT2D eigenvalue weighted by molar-refractivity contribution is -0.0442. The van der Waals surface area contributed by atoms with Crippen LogP contribution in [0.1, 0.15) is 59.8 Å². The van der Waals surface area contributed by atoms with Gasteiger partial charge in [-0.3, -0.25) is 4.79 Å². The van der Waals surface area contributed by atoms with Crippen molar-refractivity contribution in [1.82, 2.24) is 14.9 Å². The number of hydrogen-bond acceptors (Lipinski definition) is 6. The summed E-state index contributed by atoms with van der Waals surface area (Å²) in [7, 11) is 0. The normalized spacial score (nSPS) is 22.4. The van der Waals surface area contributed by atoms with E-state index >= 15 is 0 Å². The predicted molar refractivity (Wildman–Crippen MR) is 121 cm³/mol. The summed E-state index contributed by atoms with van der Waals surface area (Å²) in [6, 6.07) is 8.05. The van der Waals surface area contributed by atoms with E-state index < -0.39 is 0 Å². The maximum Gasteiger partial charge on any atom is 0.272 e. The first-order valence-electron chi connectivity index (χ1n) is 11.0. The van der Waals surface area contributed by atoms with E-state index in [0.717, 1.165) is 48.3 Å². The van der Waals surface area contributed by atoms with Gasteiger partial charge in [-0.1, -0.05) is 23.7 Å². The molecule has 3 heterocycles. The van der Waals surface area contributed by atoms with Crippen molar-refractivity contribution >= 4 is 23.3 Å². The van der Waals surface area contributed by atoms with E-state index in [1.807, 2.05) is 36.1 Å². The third-order valence-electron chi connectivity index (χ3n) is 6.20. The summed E-state index contributed by atoms with van der Waals surface area (Å²) in [6.07, 6.45) is 6.35. The Morgan fingerprint density at radius 3 is 2.68 bits per heavy atom. The van der Waals surface area contributed by atoms with Gasteiger partial charge in [-0.25, -0.2) is 9.97 Å². The summed E-state index contributed by atoms with van der Waals surface area (Å²) in [6.45, 7) is 3.88. The molecule has 7 nitrogen and oxygen atoms in total. The molecule has 2 aliphatic heterocycles. The zero-order chi connectivity index (χ0) is 21.8. The first kappa shape index (κ1) is 22.0. The maximum atomic E-state index is 12.9. The summed E-state index contributed by atoms with van der Waals surface area (Å²) in [5.74, 6) is 0.635. The van der Waals surface area contributed by atoms with Crippen molar-refractivity contribution in [3.63, 3.8) is 0 Å². The molecular formula is C23H30ClN5O2. The molecule has 166 valence electrons. The smallest absolute Gasteiger partial charge is 0.272 e. The van der Waals surface area contributed by atoms with E-state index in [0.29, 0.717) is 31.1 Å². The van der Waals surface area contributed by atoms with Crippen LogP contribution in [0.25, 0.3) is 0 Å². The van der Waals surface area contributed by atoms with Gasteiger partial charge < -0.3 is 20.7 Å². The molecule has 0 spiro atoms. The van der Waals surface area contributed by atoms with Gasteiger partial charge in [-0.05, 0) is 56.7 Å². The predicted octanol–water partition coefficient (Wildman–Crippen LogP) is 3.72. The van der Waals surface area contributed by atoms with E-state index in [2.05, 4.69) is 15.3 Å². The molecule has 2 aliphatic rings. The Hall–Kier alpha value is -2.22. The van der Waals surface area contributed by atoms with Crippen LogP contribution < -0.4 is 11.1 Å². The molecule has 2 fully saturated rings. The number of ether oxygens (including phenoxy) is 1. The number of halogens is 1. The van der Waals surface area contributed by atoms with E-state index in [-0.39, 0.29) is 24.2 Å². The minimum atomic E-state index is -0.0495. The van der Waals surface area contributed by atoms with Crippen LogP contribution in [0.4, 0.5) is 5.82 Å². The molecule has 1 amide bonds. The van der Waals surface area contributed by atoms with Crippen molar-refractivity contribution in [2.24, 2.45) is 5.73 Å². The second kappa shape index (κ2) is 9.94. The van der Waals surface area contributed by atoms with Gasteiger partial charge in [-0.15, -0.1) is 0 Å². The Balaban J connectivity index is 1.37. The van der Waals surface area contributed by atoms with Crippen LogP contribution >= 0.6 is 11.6 Å². The van der Waals surface area contributed by atoms with Crippen molar-refractivity contribution in [3.05, 3.63) is 52.4 Å². The maximum absolute atomic E-state index is 12.9.